The third kappa shape index (κ3) is 2.35. The van der Waals surface area contributed by atoms with E-state index in [4.69, 9.17) is 4.74 Å². The van der Waals surface area contributed by atoms with Gasteiger partial charge in [0.25, 0.3) is 0 Å². The van der Waals surface area contributed by atoms with Crippen molar-refractivity contribution in [3.05, 3.63) is 59.8 Å². The number of rotatable bonds is 3. The molecule has 3 aromatic rings. The van der Waals surface area contributed by atoms with Crippen molar-refractivity contribution in [2.75, 3.05) is 7.11 Å². The second-order valence-electron chi connectivity index (χ2n) is 5.25. The van der Waals surface area contributed by atoms with E-state index in [1.54, 1.807) is 14.0 Å². The molecule has 22 heavy (non-hydrogen) atoms. The number of aryl methyl sites for hydroxylation is 1. The molecule has 0 saturated heterocycles. The molecule has 3 rings (SSSR count). The Labute approximate surface area is 129 Å². The number of fused-ring (bicyclic) bond motifs is 1. The fourth-order valence-corrected chi connectivity index (χ4v) is 2.83. The molecule has 0 amide bonds. The first kappa shape index (κ1) is 14.3. The van der Waals surface area contributed by atoms with E-state index in [1.807, 2.05) is 55.5 Å². The molecule has 0 atom stereocenters. The largest absolute Gasteiger partial charge is 0.497 e. The summed E-state index contributed by atoms with van der Waals surface area (Å²) in [4.78, 5) is 16.8. The molecular formula is C19H17NO2. The third-order valence-corrected chi connectivity index (χ3v) is 3.79. The molecule has 1 aromatic heterocycles. The third-order valence-electron chi connectivity index (χ3n) is 3.79. The van der Waals surface area contributed by atoms with E-state index in [0.29, 0.717) is 5.56 Å². The lowest BCUT2D eigenvalue weighted by molar-refractivity contribution is 0.101. The number of aromatic nitrogens is 1. The van der Waals surface area contributed by atoms with Gasteiger partial charge in [0.1, 0.15) is 5.75 Å². The number of Topliss-reactive ketones (excluding diaryl/α,β-unsaturated/α-hetero) is 1. The number of hydrogen-bond donors (Lipinski definition) is 0. The Balaban J connectivity index is 2.47. The van der Waals surface area contributed by atoms with Crippen molar-refractivity contribution in [3.63, 3.8) is 0 Å². The summed E-state index contributed by atoms with van der Waals surface area (Å²) in [5.74, 6) is 0.776. The number of hydrogen-bond acceptors (Lipinski definition) is 3. The van der Waals surface area contributed by atoms with Crippen molar-refractivity contribution in [1.29, 1.82) is 0 Å². The van der Waals surface area contributed by atoms with Crippen LogP contribution in [-0.2, 0) is 0 Å². The molecule has 0 bridgehead atoms. The highest BCUT2D eigenvalue weighted by Gasteiger charge is 2.18. The van der Waals surface area contributed by atoms with Gasteiger partial charge in [-0.1, -0.05) is 30.3 Å². The molecule has 0 N–H and O–H groups in total. The van der Waals surface area contributed by atoms with Crippen molar-refractivity contribution in [1.82, 2.24) is 4.98 Å². The van der Waals surface area contributed by atoms with E-state index in [1.165, 1.54) is 0 Å². The van der Waals surface area contributed by atoms with Crippen LogP contribution in [0.1, 0.15) is 23.0 Å². The minimum absolute atomic E-state index is 0.0218. The zero-order valence-electron chi connectivity index (χ0n) is 12.9. The number of methoxy groups -OCH3 is 1. The highest BCUT2D eigenvalue weighted by Crippen LogP contribution is 2.35. The van der Waals surface area contributed by atoms with Crippen molar-refractivity contribution >= 4 is 16.7 Å². The standard InChI is InChI=1S/C19H17NO2/c1-12-18(13(2)21)19(14-7-5-4-6-8-14)16-11-15(22-3)9-10-17(16)20-12/h4-11H,1-3H3. The predicted molar refractivity (Wildman–Crippen MR) is 88.5 cm³/mol. The first-order valence-electron chi connectivity index (χ1n) is 7.16. The molecular weight excluding hydrogens is 274 g/mol. The lowest BCUT2D eigenvalue weighted by atomic mass is 9.92. The molecule has 0 radical (unpaired) electrons. The van der Waals surface area contributed by atoms with Crippen LogP contribution in [0, 0.1) is 6.92 Å². The number of ether oxygens (including phenoxy) is 1. The predicted octanol–water partition coefficient (Wildman–Crippen LogP) is 4.42. The van der Waals surface area contributed by atoms with Crippen molar-refractivity contribution < 1.29 is 9.53 Å². The van der Waals surface area contributed by atoms with Gasteiger partial charge in [-0.2, -0.15) is 0 Å². The van der Waals surface area contributed by atoms with Crippen LogP contribution >= 0.6 is 0 Å². The Hall–Kier alpha value is -2.68. The van der Waals surface area contributed by atoms with Gasteiger partial charge in [-0.15, -0.1) is 0 Å². The molecule has 1 heterocycles. The summed E-state index contributed by atoms with van der Waals surface area (Å²) < 4.78 is 5.33. The van der Waals surface area contributed by atoms with Crippen LogP contribution in [0.4, 0.5) is 0 Å². The van der Waals surface area contributed by atoms with E-state index in [2.05, 4.69) is 4.98 Å². The van der Waals surface area contributed by atoms with E-state index in [9.17, 15) is 4.79 Å². The first-order chi connectivity index (χ1) is 10.6. The SMILES string of the molecule is COc1ccc2nc(C)c(C(C)=O)c(-c3ccccc3)c2c1. The summed E-state index contributed by atoms with van der Waals surface area (Å²) >= 11 is 0. The monoisotopic (exact) mass is 291 g/mol. The Bertz CT molecular complexity index is 854. The molecule has 3 nitrogen and oxygen atoms in total. The Kier molecular flexibility index (Phi) is 3.63. The van der Waals surface area contributed by atoms with Gasteiger partial charge in [-0.05, 0) is 37.6 Å². The van der Waals surface area contributed by atoms with Gasteiger partial charge in [0.15, 0.2) is 5.78 Å². The number of nitrogens with zero attached hydrogens (tertiary/aromatic N) is 1. The van der Waals surface area contributed by atoms with E-state index in [-0.39, 0.29) is 5.78 Å². The Morgan fingerprint density at radius 1 is 1.09 bits per heavy atom. The second kappa shape index (κ2) is 5.60. The highest BCUT2D eigenvalue weighted by atomic mass is 16.5. The van der Waals surface area contributed by atoms with Crippen LogP contribution in [0.5, 0.6) is 5.75 Å². The van der Waals surface area contributed by atoms with Gasteiger partial charge in [0, 0.05) is 22.2 Å². The highest BCUT2D eigenvalue weighted by molar-refractivity contribution is 6.09. The molecule has 0 fully saturated rings. The molecule has 0 unspecified atom stereocenters. The average molecular weight is 291 g/mol. The van der Waals surface area contributed by atoms with Crippen molar-refractivity contribution in [2.45, 2.75) is 13.8 Å². The van der Waals surface area contributed by atoms with Crippen LogP contribution < -0.4 is 4.74 Å². The van der Waals surface area contributed by atoms with Gasteiger partial charge in [-0.25, -0.2) is 0 Å². The quantitative estimate of drug-likeness (QED) is 0.670. The van der Waals surface area contributed by atoms with Crippen LogP contribution in [0.25, 0.3) is 22.0 Å². The Morgan fingerprint density at radius 2 is 1.82 bits per heavy atom. The van der Waals surface area contributed by atoms with Crippen LogP contribution in [0.2, 0.25) is 0 Å². The summed E-state index contributed by atoms with van der Waals surface area (Å²) in [6, 6.07) is 15.7. The normalized spacial score (nSPS) is 10.7. The number of pyridine rings is 1. The lowest BCUT2D eigenvalue weighted by Crippen LogP contribution is -2.03. The van der Waals surface area contributed by atoms with Crippen LogP contribution in [-0.4, -0.2) is 17.9 Å². The molecule has 0 saturated carbocycles. The molecule has 2 aromatic carbocycles. The smallest absolute Gasteiger partial charge is 0.162 e. The molecule has 0 aliphatic carbocycles. The van der Waals surface area contributed by atoms with Crippen LogP contribution in [0.15, 0.2) is 48.5 Å². The maximum absolute atomic E-state index is 12.2. The lowest BCUT2D eigenvalue weighted by Gasteiger charge is -2.14. The zero-order chi connectivity index (χ0) is 15.7. The van der Waals surface area contributed by atoms with Gasteiger partial charge in [0.2, 0.25) is 0 Å². The topological polar surface area (TPSA) is 39.2 Å². The summed E-state index contributed by atoms with van der Waals surface area (Å²) in [7, 11) is 1.64. The maximum Gasteiger partial charge on any atom is 0.162 e. The number of carbonyl (C=O) groups excluding carboxylic acids is 1. The second-order valence-corrected chi connectivity index (χ2v) is 5.25. The minimum Gasteiger partial charge on any atom is -0.497 e. The maximum atomic E-state index is 12.2. The van der Waals surface area contributed by atoms with E-state index < -0.39 is 0 Å². The minimum atomic E-state index is 0.0218. The van der Waals surface area contributed by atoms with Gasteiger partial charge >= 0.3 is 0 Å². The Morgan fingerprint density at radius 3 is 2.45 bits per heavy atom. The fourth-order valence-electron chi connectivity index (χ4n) is 2.83. The van der Waals surface area contributed by atoms with Crippen LogP contribution in [0.3, 0.4) is 0 Å². The molecule has 0 aliphatic heterocycles. The van der Waals surface area contributed by atoms with E-state index >= 15 is 0 Å². The van der Waals surface area contributed by atoms with Crippen molar-refractivity contribution in [3.8, 4) is 16.9 Å². The van der Waals surface area contributed by atoms with Gasteiger partial charge in [0.05, 0.1) is 12.6 Å². The van der Waals surface area contributed by atoms with Gasteiger partial charge in [-0.3, -0.25) is 9.78 Å². The average Bonchev–Trinajstić information content (AvgIpc) is 2.53. The summed E-state index contributed by atoms with van der Waals surface area (Å²) in [6.45, 7) is 3.47. The molecule has 0 aliphatic rings. The summed E-state index contributed by atoms with van der Waals surface area (Å²) in [5.41, 5.74) is 4.23. The summed E-state index contributed by atoms with van der Waals surface area (Å²) in [6.07, 6.45) is 0. The molecule has 110 valence electrons. The molecule has 0 spiro atoms. The first-order valence-corrected chi connectivity index (χ1v) is 7.16. The zero-order valence-corrected chi connectivity index (χ0v) is 12.9. The fraction of sp³-hybridized carbons (Fsp3) is 0.158. The van der Waals surface area contributed by atoms with E-state index in [0.717, 1.165) is 33.5 Å². The van der Waals surface area contributed by atoms with Gasteiger partial charge < -0.3 is 4.74 Å². The summed E-state index contributed by atoms with van der Waals surface area (Å²) in [5, 5.41) is 0.932. The van der Waals surface area contributed by atoms with Crippen molar-refractivity contribution in [2.24, 2.45) is 0 Å². The molecule has 3 heteroatoms. The number of ketones is 1. The number of carbonyl (C=O) groups is 1. The number of benzene rings is 2.